The highest BCUT2D eigenvalue weighted by atomic mass is 32.1. The molecule has 7 heteroatoms. The molecule has 0 saturated carbocycles. The Balaban J connectivity index is 1.80. The molecule has 3 heterocycles. The van der Waals surface area contributed by atoms with Gasteiger partial charge in [0, 0.05) is 6.92 Å². The number of aromatic nitrogens is 1. The maximum atomic E-state index is 13.4. The lowest BCUT2D eigenvalue weighted by molar-refractivity contribution is 0.0969. The first kappa shape index (κ1) is 18.4. The topological polar surface area (TPSA) is 80.5 Å². The summed E-state index contributed by atoms with van der Waals surface area (Å²) in [5.41, 5.74) is 1.74. The number of carbonyl (C=O) groups is 2. The smallest absolute Gasteiger partial charge is 0.297 e. The average molecular weight is 416 g/mol. The Morgan fingerprint density at radius 2 is 1.77 bits per heavy atom. The molecule has 1 atom stereocenters. The number of fused-ring (bicyclic) bond motifs is 2. The molecule has 0 spiro atoms. The molecule has 1 amide bonds. The van der Waals surface area contributed by atoms with Gasteiger partial charge in [-0.1, -0.05) is 53.8 Å². The number of aryl methyl sites for hydroxylation is 1. The second-order valence-electron chi connectivity index (χ2n) is 7.13. The van der Waals surface area contributed by atoms with Gasteiger partial charge in [-0.2, -0.15) is 0 Å². The molecule has 1 unspecified atom stereocenters. The van der Waals surface area contributed by atoms with Crippen LogP contribution in [0.25, 0.3) is 11.0 Å². The van der Waals surface area contributed by atoms with Crippen LogP contribution in [0, 0.1) is 6.92 Å². The maximum Gasteiger partial charge on any atom is 0.297 e. The molecule has 30 heavy (non-hydrogen) atoms. The summed E-state index contributed by atoms with van der Waals surface area (Å²) in [7, 11) is 0. The summed E-state index contributed by atoms with van der Waals surface area (Å²) >= 11 is 1.15. The van der Waals surface area contributed by atoms with E-state index in [0.717, 1.165) is 16.9 Å². The van der Waals surface area contributed by atoms with E-state index in [9.17, 15) is 14.4 Å². The first-order valence-corrected chi connectivity index (χ1v) is 10.2. The van der Waals surface area contributed by atoms with E-state index >= 15 is 0 Å². The van der Waals surface area contributed by atoms with Crippen molar-refractivity contribution in [1.82, 2.24) is 4.98 Å². The number of hydrogen-bond donors (Lipinski definition) is 0. The average Bonchev–Trinajstić information content (AvgIpc) is 3.27. The predicted molar refractivity (Wildman–Crippen MR) is 114 cm³/mol. The Labute approximate surface area is 175 Å². The first-order chi connectivity index (χ1) is 14.5. The Bertz CT molecular complexity index is 1390. The molecule has 0 N–H and O–H groups in total. The van der Waals surface area contributed by atoms with Crippen molar-refractivity contribution in [2.24, 2.45) is 0 Å². The predicted octanol–water partition coefficient (Wildman–Crippen LogP) is 4.51. The van der Waals surface area contributed by atoms with E-state index in [1.54, 1.807) is 31.2 Å². The van der Waals surface area contributed by atoms with Crippen molar-refractivity contribution in [2.45, 2.75) is 19.9 Å². The summed E-state index contributed by atoms with van der Waals surface area (Å²) < 4.78 is 5.90. The molecule has 1 aliphatic rings. The number of ketones is 1. The van der Waals surface area contributed by atoms with Gasteiger partial charge in [0.25, 0.3) is 5.91 Å². The van der Waals surface area contributed by atoms with Crippen molar-refractivity contribution in [3.63, 3.8) is 0 Å². The standard InChI is InChI=1S/C23H16N2O4S/c1-12-21(13(2)26)30-23(24-12)25-18(14-8-4-3-5-9-14)17-19(27)15-10-6-7-11-16(15)29-20(17)22(25)28/h3-11,18H,1-2H3. The summed E-state index contributed by atoms with van der Waals surface area (Å²) in [6.45, 7) is 3.21. The Hall–Kier alpha value is -3.58. The van der Waals surface area contributed by atoms with Gasteiger partial charge in [-0.05, 0) is 24.6 Å². The van der Waals surface area contributed by atoms with Gasteiger partial charge < -0.3 is 4.42 Å². The van der Waals surface area contributed by atoms with Gasteiger partial charge in [0.2, 0.25) is 5.76 Å². The Morgan fingerprint density at radius 3 is 2.47 bits per heavy atom. The van der Waals surface area contributed by atoms with Crippen molar-refractivity contribution in [3.8, 4) is 0 Å². The Morgan fingerprint density at radius 1 is 1.07 bits per heavy atom. The molecule has 0 bridgehead atoms. The highest BCUT2D eigenvalue weighted by Crippen LogP contribution is 2.43. The number of para-hydroxylation sites is 1. The van der Waals surface area contributed by atoms with Crippen LogP contribution in [0.5, 0.6) is 0 Å². The van der Waals surface area contributed by atoms with Crippen LogP contribution in [-0.2, 0) is 0 Å². The number of amides is 1. The quantitative estimate of drug-likeness (QED) is 0.459. The number of Topliss-reactive ketones (excluding diaryl/α,β-unsaturated/α-hetero) is 1. The second-order valence-corrected chi connectivity index (χ2v) is 8.10. The number of anilines is 1. The van der Waals surface area contributed by atoms with Crippen molar-refractivity contribution in [1.29, 1.82) is 0 Å². The van der Waals surface area contributed by atoms with Crippen LogP contribution in [0.1, 0.15) is 50.0 Å². The monoisotopic (exact) mass is 416 g/mol. The fourth-order valence-corrected chi connectivity index (χ4v) is 4.87. The van der Waals surface area contributed by atoms with E-state index < -0.39 is 11.9 Å². The lowest BCUT2D eigenvalue weighted by Gasteiger charge is -2.22. The van der Waals surface area contributed by atoms with Gasteiger partial charge in [0.05, 0.1) is 27.6 Å². The van der Waals surface area contributed by atoms with Gasteiger partial charge in [-0.3, -0.25) is 19.3 Å². The minimum absolute atomic E-state index is 0.0183. The third kappa shape index (κ3) is 2.63. The highest BCUT2D eigenvalue weighted by molar-refractivity contribution is 7.17. The Kier molecular flexibility index (Phi) is 4.15. The van der Waals surface area contributed by atoms with Crippen LogP contribution < -0.4 is 10.3 Å². The molecule has 148 valence electrons. The van der Waals surface area contributed by atoms with Gasteiger partial charge >= 0.3 is 0 Å². The van der Waals surface area contributed by atoms with E-state index in [-0.39, 0.29) is 17.0 Å². The SMILES string of the molecule is CC(=O)c1sc(N2C(=O)c3oc4ccccc4c(=O)c3C2c2ccccc2)nc1C. The number of benzene rings is 2. The van der Waals surface area contributed by atoms with E-state index in [2.05, 4.69) is 4.98 Å². The minimum Gasteiger partial charge on any atom is -0.450 e. The van der Waals surface area contributed by atoms with Gasteiger partial charge in [-0.25, -0.2) is 4.98 Å². The number of nitrogens with zero attached hydrogens (tertiary/aromatic N) is 2. The molecule has 4 aromatic rings. The molecule has 6 nitrogen and oxygen atoms in total. The molecule has 2 aromatic heterocycles. The highest BCUT2D eigenvalue weighted by Gasteiger charge is 2.45. The molecule has 1 aliphatic heterocycles. The minimum atomic E-state index is -0.681. The molecule has 0 aliphatic carbocycles. The summed E-state index contributed by atoms with van der Waals surface area (Å²) in [5, 5.41) is 0.790. The second kappa shape index (κ2) is 6.74. The summed E-state index contributed by atoms with van der Waals surface area (Å²) in [6, 6.07) is 15.5. The van der Waals surface area contributed by atoms with Crippen LogP contribution in [0.3, 0.4) is 0 Å². The normalized spacial score (nSPS) is 15.6. The van der Waals surface area contributed by atoms with E-state index in [0.29, 0.717) is 32.2 Å². The first-order valence-electron chi connectivity index (χ1n) is 9.40. The fraction of sp³-hybridized carbons (Fsp3) is 0.130. The molecular formula is C23H16N2O4S. The molecule has 0 radical (unpaired) electrons. The number of carbonyl (C=O) groups excluding carboxylic acids is 2. The third-order valence-electron chi connectivity index (χ3n) is 5.20. The van der Waals surface area contributed by atoms with E-state index in [1.165, 1.54) is 11.8 Å². The van der Waals surface area contributed by atoms with Crippen molar-refractivity contribution in [3.05, 3.63) is 92.3 Å². The van der Waals surface area contributed by atoms with Crippen LogP contribution in [0.4, 0.5) is 5.13 Å². The molecule has 5 rings (SSSR count). The van der Waals surface area contributed by atoms with Crippen LogP contribution >= 0.6 is 11.3 Å². The zero-order valence-corrected chi connectivity index (χ0v) is 17.0. The van der Waals surface area contributed by atoms with Crippen LogP contribution in [-0.4, -0.2) is 16.7 Å². The molecule has 0 fully saturated rings. The van der Waals surface area contributed by atoms with Crippen molar-refractivity contribution >= 4 is 39.1 Å². The number of thiazole rings is 1. The summed E-state index contributed by atoms with van der Waals surface area (Å²) in [6.07, 6.45) is 0. The lowest BCUT2D eigenvalue weighted by Crippen LogP contribution is -2.29. The number of hydrogen-bond acceptors (Lipinski definition) is 6. The number of rotatable bonds is 3. The van der Waals surface area contributed by atoms with E-state index in [4.69, 9.17) is 4.42 Å². The third-order valence-corrected chi connectivity index (χ3v) is 6.46. The maximum absolute atomic E-state index is 13.4. The lowest BCUT2D eigenvalue weighted by atomic mass is 9.99. The summed E-state index contributed by atoms with van der Waals surface area (Å²) in [5.74, 6) is -0.535. The zero-order valence-electron chi connectivity index (χ0n) is 16.2. The zero-order chi connectivity index (χ0) is 21.0. The fourth-order valence-electron chi connectivity index (χ4n) is 3.88. The summed E-state index contributed by atoms with van der Waals surface area (Å²) in [4.78, 5) is 45.2. The van der Waals surface area contributed by atoms with Gasteiger partial charge in [-0.15, -0.1) is 0 Å². The van der Waals surface area contributed by atoms with Crippen LogP contribution in [0.15, 0.2) is 63.8 Å². The van der Waals surface area contributed by atoms with Crippen LogP contribution in [0.2, 0.25) is 0 Å². The van der Waals surface area contributed by atoms with Gasteiger partial charge in [0.15, 0.2) is 16.3 Å². The largest absolute Gasteiger partial charge is 0.450 e. The van der Waals surface area contributed by atoms with Gasteiger partial charge in [0.1, 0.15) is 5.58 Å². The van der Waals surface area contributed by atoms with Crippen molar-refractivity contribution in [2.75, 3.05) is 4.90 Å². The molecule has 0 saturated heterocycles. The molecule has 2 aromatic carbocycles. The molecular weight excluding hydrogens is 400 g/mol. The van der Waals surface area contributed by atoms with Crippen molar-refractivity contribution < 1.29 is 14.0 Å². The van der Waals surface area contributed by atoms with E-state index in [1.807, 2.05) is 30.3 Å².